The predicted octanol–water partition coefficient (Wildman–Crippen LogP) is 3.99. The third-order valence-electron chi connectivity index (χ3n) is 3.32. The molecule has 0 saturated heterocycles. The summed E-state index contributed by atoms with van der Waals surface area (Å²) in [7, 11) is -4.43. The number of hydrogen-bond acceptors (Lipinski definition) is 4. The van der Waals surface area contributed by atoms with E-state index in [1.807, 2.05) is 24.4 Å². The van der Waals surface area contributed by atoms with Gasteiger partial charge in [-0.15, -0.1) is 11.3 Å². The van der Waals surface area contributed by atoms with Crippen molar-refractivity contribution in [2.24, 2.45) is 0 Å². The number of para-hydroxylation sites is 1. The van der Waals surface area contributed by atoms with E-state index in [9.17, 15) is 13.0 Å². The average molecular weight is 340 g/mol. The molecule has 0 amide bonds. The van der Waals surface area contributed by atoms with Crippen LogP contribution in [0.4, 0.5) is 10.8 Å². The van der Waals surface area contributed by atoms with Gasteiger partial charge in [-0.05, 0) is 30.9 Å². The second-order valence-corrected chi connectivity index (χ2v) is 7.05. The summed E-state index contributed by atoms with van der Waals surface area (Å²) in [4.78, 5) is 4.37. The van der Waals surface area contributed by atoms with Gasteiger partial charge < -0.3 is 0 Å². The van der Waals surface area contributed by atoms with Gasteiger partial charge in [0, 0.05) is 5.38 Å². The third-order valence-corrected chi connectivity index (χ3v) is 5.14. The smallest absolute Gasteiger partial charge is 0.269 e. The largest absolute Gasteiger partial charge is 0.366 e. The first-order valence-corrected chi connectivity index (χ1v) is 9.55. The second-order valence-electron chi connectivity index (χ2n) is 4.95. The molecule has 1 aromatic carbocycles. The maximum Gasteiger partial charge on any atom is 0.366 e. The van der Waals surface area contributed by atoms with Crippen LogP contribution in [-0.4, -0.2) is 18.0 Å². The van der Waals surface area contributed by atoms with Gasteiger partial charge in [0.25, 0.3) is 0 Å². The summed E-state index contributed by atoms with van der Waals surface area (Å²) in [6.45, 7) is 4.03. The molecule has 0 atom stereocenters. The van der Waals surface area contributed by atoms with Crippen LogP contribution < -0.4 is 4.31 Å². The molecule has 1 aromatic heterocycles. The summed E-state index contributed by atoms with van der Waals surface area (Å²) in [6.07, 6.45) is 3.52. The fourth-order valence-corrected chi connectivity index (χ4v) is 4.05. The number of unbranched alkanes of at least 4 members (excludes halogenated alkanes) is 1. The molecule has 0 fully saturated rings. The highest BCUT2D eigenvalue weighted by atomic mass is 32.2. The first-order valence-electron chi connectivity index (χ1n) is 7.27. The van der Waals surface area contributed by atoms with Gasteiger partial charge >= 0.3 is 10.3 Å². The van der Waals surface area contributed by atoms with Gasteiger partial charge in [0.2, 0.25) is 5.13 Å². The van der Waals surface area contributed by atoms with Crippen molar-refractivity contribution in [3.05, 3.63) is 40.9 Å². The van der Waals surface area contributed by atoms with E-state index in [0.717, 1.165) is 34.8 Å². The number of aromatic nitrogens is 1. The molecule has 0 saturated carbocycles. The Morgan fingerprint density at radius 1 is 1.27 bits per heavy atom. The van der Waals surface area contributed by atoms with Gasteiger partial charge in [-0.2, -0.15) is 12.7 Å². The minimum atomic E-state index is -4.43. The Kier molecular flexibility index (Phi) is 5.55. The Labute approximate surface area is 135 Å². The highest BCUT2D eigenvalue weighted by Crippen LogP contribution is 2.33. The predicted molar refractivity (Wildman–Crippen MR) is 90.2 cm³/mol. The molecule has 7 heteroatoms. The summed E-state index contributed by atoms with van der Waals surface area (Å²) in [5.74, 6) is 0. The molecular weight excluding hydrogens is 320 g/mol. The Hall–Kier alpha value is -1.44. The normalized spacial score (nSPS) is 11.6. The zero-order valence-electron chi connectivity index (χ0n) is 12.7. The molecule has 1 heterocycles. The number of anilines is 2. The molecule has 0 aliphatic rings. The molecule has 2 rings (SSSR count). The minimum Gasteiger partial charge on any atom is -0.269 e. The van der Waals surface area contributed by atoms with Crippen molar-refractivity contribution in [3.63, 3.8) is 0 Å². The highest BCUT2D eigenvalue weighted by Gasteiger charge is 2.26. The van der Waals surface area contributed by atoms with Crippen molar-refractivity contribution >= 4 is 32.5 Å². The maximum absolute atomic E-state index is 11.9. The fraction of sp³-hybridized carbons (Fsp3) is 0.400. The lowest BCUT2D eigenvalue weighted by Gasteiger charge is -2.20. The monoisotopic (exact) mass is 340 g/mol. The van der Waals surface area contributed by atoms with Crippen LogP contribution in [0.3, 0.4) is 0 Å². The van der Waals surface area contributed by atoms with Crippen LogP contribution in [0.5, 0.6) is 0 Å². The van der Waals surface area contributed by atoms with Gasteiger partial charge in [-0.3, -0.25) is 4.55 Å². The zero-order chi connectivity index (χ0) is 16.2. The molecule has 2 aromatic rings. The molecule has 5 nitrogen and oxygen atoms in total. The number of benzene rings is 1. The highest BCUT2D eigenvalue weighted by molar-refractivity contribution is 7.87. The molecule has 120 valence electrons. The van der Waals surface area contributed by atoms with Crippen LogP contribution in [0, 0.1) is 0 Å². The van der Waals surface area contributed by atoms with E-state index in [0.29, 0.717) is 12.1 Å². The summed E-state index contributed by atoms with van der Waals surface area (Å²) >= 11 is 1.22. The van der Waals surface area contributed by atoms with Crippen LogP contribution in [0.1, 0.15) is 37.9 Å². The summed E-state index contributed by atoms with van der Waals surface area (Å²) < 4.78 is 34.3. The number of nitrogens with zero attached hydrogens (tertiary/aromatic N) is 2. The van der Waals surface area contributed by atoms with E-state index in [2.05, 4.69) is 11.9 Å². The van der Waals surface area contributed by atoms with Crippen LogP contribution in [0.25, 0.3) is 0 Å². The Morgan fingerprint density at radius 3 is 2.64 bits per heavy atom. The maximum atomic E-state index is 11.9. The van der Waals surface area contributed by atoms with E-state index in [1.165, 1.54) is 11.3 Å². The van der Waals surface area contributed by atoms with E-state index in [-0.39, 0.29) is 5.13 Å². The lowest BCUT2D eigenvalue weighted by Crippen LogP contribution is -2.26. The van der Waals surface area contributed by atoms with Gasteiger partial charge in [0.1, 0.15) is 0 Å². The molecule has 0 aliphatic heterocycles. The van der Waals surface area contributed by atoms with Gasteiger partial charge in [-0.25, -0.2) is 4.98 Å². The Morgan fingerprint density at radius 2 is 2.00 bits per heavy atom. The summed E-state index contributed by atoms with van der Waals surface area (Å²) in [5, 5.41) is 2.12. The summed E-state index contributed by atoms with van der Waals surface area (Å²) in [6, 6.07) is 7.12. The summed E-state index contributed by atoms with van der Waals surface area (Å²) in [5.41, 5.74) is 2.14. The lowest BCUT2D eigenvalue weighted by atomic mass is 10.1. The first kappa shape index (κ1) is 16.9. The van der Waals surface area contributed by atoms with Crippen LogP contribution in [-0.2, 0) is 23.1 Å². The fourth-order valence-electron chi connectivity index (χ4n) is 2.20. The van der Waals surface area contributed by atoms with E-state index in [1.54, 1.807) is 12.1 Å². The number of hydrogen-bond donors (Lipinski definition) is 1. The Balaban J connectivity index is 2.46. The third kappa shape index (κ3) is 3.85. The average Bonchev–Trinajstić information content (AvgIpc) is 2.92. The van der Waals surface area contributed by atoms with Crippen molar-refractivity contribution in [1.82, 2.24) is 4.98 Å². The topological polar surface area (TPSA) is 70.5 Å². The number of aryl methyl sites for hydroxylation is 2. The van der Waals surface area contributed by atoms with Crippen molar-refractivity contribution in [3.8, 4) is 0 Å². The second kappa shape index (κ2) is 7.21. The SMILES string of the molecule is CCCCc1csc(N(c2ccccc2CC)S(=O)(=O)O)n1. The van der Waals surface area contributed by atoms with E-state index in [4.69, 9.17) is 0 Å². The molecule has 1 N–H and O–H groups in total. The van der Waals surface area contributed by atoms with E-state index < -0.39 is 10.3 Å². The Bertz CT molecular complexity index is 726. The molecule has 0 bridgehead atoms. The number of thiazole rings is 1. The molecule has 0 radical (unpaired) electrons. The molecule has 22 heavy (non-hydrogen) atoms. The van der Waals surface area contributed by atoms with Crippen LogP contribution >= 0.6 is 11.3 Å². The van der Waals surface area contributed by atoms with E-state index >= 15 is 0 Å². The van der Waals surface area contributed by atoms with Crippen molar-refractivity contribution < 1.29 is 13.0 Å². The van der Waals surface area contributed by atoms with Crippen molar-refractivity contribution in [1.29, 1.82) is 0 Å². The standard InChI is InChI=1S/C15H20N2O3S2/c1-3-5-9-13-11-21-15(16-13)17(22(18,19)20)14-10-7-6-8-12(14)4-2/h6-8,10-11H,3-5,9H2,1-2H3,(H,18,19,20). The first-order chi connectivity index (χ1) is 10.5. The van der Waals surface area contributed by atoms with Gasteiger partial charge in [0.05, 0.1) is 11.4 Å². The zero-order valence-corrected chi connectivity index (χ0v) is 14.3. The van der Waals surface area contributed by atoms with Crippen LogP contribution in [0.15, 0.2) is 29.6 Å². The van der Waals surface area contributed by atoms with Crippen LogP contribution in [0.2, 0.25) is 0 Å². The molecule has 0 unspecified atom stereocenters. The quantitative estimate of drug-likeness (QED) is 0.774. The minimum absolute atomic E-state index is 0.273. The lowest BCUT2D eigenvalue weighted by molar-refractivity contribution is 0.483. The molecule has 0 spiro atoms. The van der Waals surface area contributed by atoms with Gasteiger partial charge in [-0.1, -0.05) is 38.5 Å². The number of rotatable bonds is 7. The van der Waals surface area contributed by atoms with Crippen molar-refractivity contribution in [2.45, 2.75) is 39.5 Å². The van der Waals surface area contributed by atoms with Gasteiger partial charge in [0.15, 0.2) is 0 Å². The van der Waals surface area contributed by atoms with Crippen molar-refractivity contribution in [2.75, 3.05) is 4.31 Å². The molecule has 0 aliphatic carbocycles. The molecular formula is C15H20N2O3S2.